The second-order valence-corrected chi connectivity index (χ2v) is 9.91. The fourth-order valence-electron chi connectivity index (χ4n) is 3.70. The second kappa shape index (κ2) is 9.49. The molecular formula is C24H22O10S. The molecule has 0 amide bonds. The Morgan fingerprint density at radius 2 is 1.29 bits per heavy atom. The number of hydrogen-bond donors (Lipinski definition) is 0. The summed E-state index contributed by atoms with van der Waals surface area (Å²) >= 11 is 0. The van der Waals surface area contributed by atoms with Crippen LogP contribution in [0, 0.1) is 0 Å². The molecule has 0 bridgehead atoms. The molecule has 2 aromatic carbocycles. The van der Waals surface area contributed by atoms with Crippen LogP contribution in [-0.2, 0) is 38.4 Å². The molecule has 2 aliphatic heterocycles. The smallest absolute Gasteiger partial charge is 0.342 e. The van der Waals surface area contributed by atoms with Gasteiger partial charge in [0.1, 0.15) is 0 Å². The first kappa shape index (κ1) is 24.4. The summed E-state index contributed by atoms with van der Waals surface area (Å²) in [6, 6.07) is 7.49. The van der Waals surface area contributed by atoms with Crippen molar-refractivity contribution in [3.8, 4) is 0 Å². The van der Waals surface area contributed by atoms with Crippen LogP contribution in [0.3, 0.4) is 0 Å². The number of cyclic esters (lactones) is 2. The SMILES string of the molecule is CCCC(=O)OC1OC(=O)c2cc(S(=O)(=O)c3ccc4c(c3)C(OC(=O)CCC)OC4=O)ccc21. The number of carbonyl (C=O) groups is 4. The third kappa shape index (κ3) is 4.63. The lowest BCUT2D eigenvalue weighted by Gasteiger charge is -2.13. The van der Waals surface area contributed by atoms with E-state index in [4.69, 9.17) is 18.9 Å². The Hall–Kier alpha value is -3.73. The lowest BCUT2D eigenvalue weighted by Crippen LogP contribution is -2.11. The van der Waals surface area contributed by atoms with Crippen LogP contribution in [0.15, 0.2) is 46.2 Å². The third-order valence-corrected chi connectivity index (χ3v) is 7.18. The number of esters is 4. The van der Waals surface area contributed by atoms with E-state index in [0.29, 0.717) is 12.8 Å². The first-order chi connectivity index (χ1) is 16.6. The average Bonchev–Trinajstić information content (AvgIpc) is 3.29. The molecule has 0 saturated carbocycles. The number of hydrogen-bond acceptors (Lipinski definition) is 10. The van der Waals surface area contributed by atoms with Crippen molar-refractivity contribution in [2.45, 2.75) is 61.9 Å². The van der Waals surface area contributed by atoms with E-state index >= 15 is 0 Å². The molecule has 184 valence electrons. The van der Waals surface area contributed by atoms with Crippen LogP contribution in [0.2, 0.25) is 0 Å². The van der Waals surface area contributed by atoms with E-state index in [1.54, 1.807) is 13.8 Å². The molecule has 10 nitrogen and oxygen atoms in total. The molecule has 0 fully saturated rings. The van der Waals surface area contributed by atoms with E-state index < -0.39 is 46.3 Å². The Bertz CT molecular complexity index is 1330. The van der Waals surface area contributed by atoms with Crippen LogP contribution < -0.4 is 0 Å². The number of benzene rings is 2. The maximum absolute atomic E-state index is 13.3. The third-order valence-electron chi connectivity index (χ3n) is 5.43. The number of rotatable bonds is 8. The van der Waals surface area contributed by atoms with Gasteiger partial charge >= 0.3 is 23.9 Å². The molecule has 0 radical (unpaired) electrons. The van der Waals surface area contributed by atoms with Crippen LogP contribution in [0.1, 0.15) is 84.0 Å². The summed E-state index contributed by atoms with van der Waals surface area (Å²) in [6.45, 7) is 3.58. The Balaban J connectivity index is 1.64. The van der Waals surface area contributed by atoms with E-state index in [9.17, 15) is 27.6 Å². The summed E-state index contributed by atoms with van der Waals surface area (Å²) in [5, 5.41) is 0. The normalized spacial score (nSPS) is 18.3. The van der Waals surface area contributed by atoms with Crippen LogP contribution in [0.5, 0.6) is 0 Å². The minimum absolute atomic E-state index is 0.0357. The van der Waals surface area contributed by atoms with Crippen molar-refractivity contribution in [2.75, 3.05) is 0 Å². The van der Waals surface area contributed by atoms with E-state index in [1.807, 2.05) is 0 Å². The Labute approximate surface area is 201 Å². The van der Waals surface area contributed by atoms with Gasteiger partial charge in [-0.3, -0.25) is 9.59 Å². The predicted octanol–water partition coefficient (Wildman–Crippen LogP) is 3.54. The maximum atomic E-state index is 13.3. The van der Waals surface area contributed by atoms with Gasteiger partial charge in [0.2, 0.25) is 9.84 Å². The van der Waals surface area contributed by atoms with Crippen molar-refractivity contribution < 1.29 is 46.5 Å². The summed E-state index contributed by atoms with van der Waals surface area (Å²) in [5.74, 6) is -2.68. The molecule has 4 rings (SSSR count). The molecule has 11 heteroatoms. The molecule has 0 N–H and O–H groups in total. The highest BCUT2D eigenvalue weighted by Crippen LogP contribution is 2.37. The summed E-state index contributed by atoms with van der Waals surface area (Å²) < 4.78 is 47.2. The van der Waals surface area contributed by atoms with Gasteiger partial charge in [0.15, 0.2) is 0 Å². The molecular weight excluding hydrogens is 480 g/mol. The lowest BCUT2D eigenvalue weighted by molar-refractivity contribution is -0.169. The lowest BCUT2D eigenvalue weighted by atomic mass is 10.1. The maximum Gasteiger partial charge on any atom is 0.342 e. The van der Waals surface area contributed by atoms with Crippen molar-refractivity contribution in [3.63, 3.8) is 0 Å². The van der Waals surface area contributed by atoms with Gasteiger partial charge in [-0.15, -0.1) is 0 Å². The molecule has 2 aliphatic rings. The first-order valence-corrected chi connectivity index (χ1v) is 12.5. The van der Waals surface area contributed by atoms with E-state index in [0.717, 1.165) is 6.07 Å². The fraction of sp³-hybridized carbons (Fsp3) is 0.333. The predicted molar refractivity (Wildman–Crippen MR) is 117 cm³/mol. The summed E-state index contributed by atoms with van der Waals surface area (Å²) in [7, 11) is -4.16. The van der Waals surface area contributed by atoms with Crippen LogP contribution in [0.25, 0.3) is 0 Å². The van der Waals surface area contributed by atoms with Crippen LogP contribution in [0.4, 0.5) is 0 Å². The topological polar surface area (TPSA) is 139 Å². The standard InChI is InChI=1S/C24H22O10S/c1-3-5-19(25)31-23-16-10-8-13(11-17(16)22(28)34-23)35(29,30)14-7-9-15-18(12-14)24(33-21(15)27)32-20(26)6-4-2/h7-12,23-24H,3-6H2,1-2H3. The van der Waals surface area contributed by atoms with Gasteiger partial charge in [-0.25, -0.2) is 18.0 Å². The van der Waals surface area contributed by atoms with E-state index in [-0.39, 0.29) is 44.9 Å². The van der Waals surface area contributed by atoms with Gasteiger partial charge < -0.3 is 18.9 Å². The minimum atomic E-state index is -4.16. The highest BCUT2D eigenvalue weighted by Gasteiger charge is 2.37. The molecule has 2 unspecified atom stereocenters. The zero-order valence-electron chi connectivity index (χ0n) is 18.9. The quantitative estimate of drug-likeness (QED) is 0.492. The second-order valence-electron chi connectivity index (χ2n) is 7.96. The van der Waals surface area contributed by atoms with Crippen molar-refractivity contribution in [2.24, 2.45) is 0 Å². The number of ether oxygens (including phenoxy) is 4. The molecule has 2 atom stereocenters. The molecule has 0 saturated heterocycles. The Morgan fingerprint density at radius 3 is 1.89 bits per heavy atom. The van der Waals surface area contributed by atoms with Crippen molar-refractivity contribution >= 4 is 33.7 Å². The minimum Gasteiger partial charge on any atom is -0.421 e. The van der Waals surface area contributed by atoms with Gasteiger partial charge in [0.05, 0.1) is 20.9 Å². The molecule has 2 aromatic rings. The highest BCUT2D eigenvalue weighted by molar-refractivity contribution is 7.91. The summed E-state index contributed by atoms with van der Waals surface area (Å²) in [5.41, 5.74) is 0.414. The van der Waals surface area contributed by atoms with Gasteiger partial charge in [-0.2, -0.15) is 0 Å². The molecule has 0 aliphatic carbocycles. The highest BCUT2D eigenvalue weighted by atomic mass is 32.2. The van der Waals surface area contributed by atoms with E-state index in [1.165, 1.54) is 30.3 Å². The molecule has 2 heterocycles. The summed E-state index contributed by atoms with van der Waals surface area (Å²) in [6.07, 6.45) is -1.24. The number of fused-ring (bicyclic) bond motifs is 2. The van der Waals surface area contributed by atoms with Gasteiger partial charge in [0, 0.05) is 24.0 Å². The summed E-state index contributed by atoms with van der Waals surface area (Å²) in [4.78, 5) is 47.7. The zero-order valence-corrected chi connectivity index (χ0v) is 19.8. The fourth-order valence-corrected chi connectivity index (χ4v) is 5.02. The Morgan fingerprint density at radius 1 is 0.771 bits per heavy atom. The molecule has 0 spiro atoms. The van der Waals surface area contributed by atoms with Gasteiger partial charge in [-0.1, -0.05) is 13.8 Å². The molecule has 0 aromatic heterocycles. The van der Waals surface area contributed by atoms with Crippen LogP contribution in [-0.4, -0.2) is 32.3 Å². The monoisotopic (exact) mass is 502 g/mol. The van der Waals surface area contributed by atoms with Gasteiger partial charge in [0.25, 0.3) is 12.6 Å². The Kier molecular flexibility index (Phi) is 6.62. The first-order valence-electron chi connectivity index (χ1n) is 11.0. The average molecular weight is 502 g/mol. The number of sulfone groups is 1. The van der Waals surface area contributed by atoms with Crippen molar-refractivity contribution in [1.82, 2.24) is 0 Å². The van der Waals surface area contributed by atoms with Crippen molar-refractivity contribution in [3.05, 3.63) is 58.7 Å². The van der Waals surface area contributed by atoms with E-state index in [2.05, 4.69) is 0 Å². The molecule has 35 heavy (non-hydrogen) atoms. The van der Waals surface area contributed by atoms with Crippen LogP contribution >= 0.6 is 0 Å². The van der Waals surface area contributed by atoms with Crippen molar-refractivity contribution in [1.29, 1.82) is 0 Å². The van der Waals surface area contributed by atoms with Gasteiger partial charge in [-0.05, 0) is 49.2 Å². The number of carbonyl (C=O) groups excluding carboxylic acids is 4. The largest absolute Gasteiger partial charge is 0.421 e. The zero-order chi connectivity index (χ0) is 25.3.